The minimum absolute atomic E-state index is 0. The molecule has 10 N–H and O–H groups in total. The zero-order valence-electron chi connectivity index (χ0n) is 67.8. The summed E-state index contributed by atoms with van der Waals surface area (Å²) < 4.78 is 15.3. The van der Waals surface area contributed by atoms with E-state index in [0.29, 0.717) is 63.7 Å². The molecule has 4 saturated heterocycles. The first-order valence-corrected chi connectivity index (χ1v) is 42.2. The maximum atomic E-state index is 13.2. The topological polar surface area (TPSA) is 432 Å². The molecular formula is C84H128N8O22S. The predicted molar refractivity (Wildman–Crippen MR) is 429 cm³/mol. The molecule has 642 valence electrons. The first kappa shape index (κ1) is 95.6. The van der Waals surface area contributed by atoms with E-state index in [4.69, 9.17) is 14.2 Å². The van der Waals surface area contributed by atoms with Crippen LogP contribution >= 0.6 is 11.8 Å². The van der Waals surface area contributed by atoms with Crippen LogP contribution in [0.3, 0.4) is 0 Å². The van der Waals surface area contributed by atoms with Gasteiger partial charge in [-0.15, -0.1) is 11.8 Å². The molecule has 0 bridgehead atoms. The highest BCUT2D eigenvalue weighted by Gasteiger charge is 2.54. The van der Waals surface area contributed by atoms with Crippen LogP contribution in [-0.2, 0) is 89.4 Å². The van der Waals surface area contributed by atoms with Gasteiger partial charge in [-0.25, -0.2) is 19.2 Å². The number of esters is 3. The van der Waals surface area contributed by atoms with E-state index in [-0.39, 0.29) is 116 Å². The lowest BCUT2D eigenvalue weighted by Crippen LogP contribution is -2.55. The highest BCUT2D eigenvalue weighted by molar-refractivity contribution is 8.00. The summed E-state index contributed by atoms with van der Waals surface area (Å²) in [7, 11) is 0. The predicted octanol–water partition coefficient (Wildman–Crippen LogP) is 8.07. The minimum atomic E-state index is -1.14. The number of nitrogens with zero attached hydrogens (tertiary/aromatic N) is 4. The second kappa shape index (κ2) is 46.0. The molecule has 31 heteroatoms. The average molecular weight is 1630 g/mol. The van der Waals surface area contributed by atoms with Gasteiger partial charge in [0.15, 0.2) is 0 Å². The summed E-state index contributed by atoms with van der Waals surface area (Å²) in [6, 6.07) is 10.1. The quantitative estimate of drug-likeness (QED) is 0.0228. The number of rotatable bonds is 36. The van der Waals surface area contributed by atoms with Crippen LogP contribution in [0.5, 0.6) is 0 Å². The van der Waals surface area contributed by atoms with Crippen molar-refractivity contribution in [3.63, 3.8) is 0 Å². The molecule has 2 aromatic carbocycles. The zero-order chi connectivity index (χ0) is 83.8. The number of carboxylic acids is 6. The maximum absolute atomic E-state index is 13.2. The van der Waals surface area contributed by atoms with Gasteiger partial charge >= 0.3 is 53.7 Å². The number of benzene rings is 2. The largest absolute Gasteiger partial charge is 0.480 e. The number of aliphatic carboxylic acids is 6. The minimum Gasteiger partial charge on any atom is -0.480 e. The molecule has 4 amide bonds. The monoisotopic (exact) mass is 1630 g/mol. The van der Waals surface area contributed by atoms with Crippen molar-refractivity contribution < 1.29 is 107 Å². The Hall–Kier alpha value is -8.26. The van der Waals surface area contributed by atoms with Gasteiger partial charge in [0.1, 0.15) is 48.3 Å². The lowest BCUT2D eigenvalue weighted by Gasteiger charge is -2.32. The van der Waals surface area contributed by atoms with E-state index in [0.717, 1.165) is 106 Å². The Morgan fingerprint density at radius 3 is 0.948 bits per heavy atom. The van der Waals surface area contributed by atoms with Gasteiger partial charge < -0.3 is 64.4 Å². The molecule has 115 heavy (non-hydrogen) atoms. The van der Waals surface area contributed by atoms with Crippen LogP contribution in [0.2, 0.25) is 0 Å². The average Bonchev–Trinajstić information content (AvgIpc) is 1.65. The number of aryl methyl sites for hydroxylation is 2. The molecule has 4 saturated carbocycles. The van der Waals surface area contributed by atoms with Crippen LogP contribution in [0.15, 0.2) is 60.7 Å². The Morgan fingerprint density at radius 1 is 0.383 bits per heavy atom. The molecule has 0 aromatic heterocycles. The van der Waals surface area contributed by atoms with Crippen molar-refractivity contribution >= 4 is 89.1 Å². The first-order valence-electron chi connectivity index (χ1n) is 41.1. The Bertz CT molecular complexity index is 3580. The smallest absolute Gasteiger partial charge is 0.326 e. The Labute approximate surface area is 680 Å². The normalized spacial score (nSPS) is 25.7. The highest BCUT2D eigenvalue weighted by Crippen LogP contribution is 2.45. The number of hydrogen-bond acceptors (Lipinski definition) is 21. The van der Waals surface area contributed by atoms with E-state index in [1.807, 2.05) is 60.7 Å². The van der Waals surface area contributed by atoms with Crippen LogP contribution in [0.1, 0.15) is 216 Å². The van der Waals surface area contributed by atoms with Gasteiger partial charge in [-0.05, 0) is 212 Å². The van der Waals surface area contributed by atoms with Gasteiger partial charge in [-0.3, -0.25) is 64.4 Å². The van der Waals surface area contributed by atoms with Crippen LogP contribution < -0.4 is 21.3 Å². The fraction of sp³-hybridized carbons (Fsp3) is 0.702. The molecular weight excluding hydrogens is 1510 g/mol. The number of ether oxygens (including phenoxy) is 3. The van der Waals surface area contributed by atoms with Crippen LogP contribution in [-0.4, -0.2) is 255 Å². The molecule has 30 nitrogen and oxygen atoms in total. The Balaban J connectivity index is 0.000000238. The molecule has 0 spiro atoms. The van der Waals surface area contributed by atoms with Crippen molar-refractivity contribution in [3.8, 4) is 0 Å². The van der Waals surface area contributed by atoms with Crippen LogP contribution in [0, 0.1) is 29.6 Å². The van der Waals surface area contributed by atoms with Gasteiger partial charge in [0.05, 0.1) is 49.2 Å². The van der Waals surface area contributed by atoms with Gasteiger partial charge in [0, 0.05) is 29.9 Å². The number of thioether (sulfide) groups is 1. The fourth-order valence-electron chi connectivity index (χ4n) is 18.2. The molecule has 4 heterocycles. The van der Waals surface area contributed by atoms with E-state index >= 15 is 0 Å². The van der Waals surface area contributed by atoms with Gasteiger partial charge in [0.2, 0.25) is 23.6 Å². The molecule has 21 atom stereocenters. The Morgan fingerprint density at radius 2 is 0.661 bits per heavy atom. The molecule has 0 radical (unpaired) electrons. The highest BCUT2D eigenvalue weighted by atomic mass is 32.2. The SMILES string of the molecule is C.CCOC(=O)C(C)SC[C@H](N[C@@H](C)C(=O)N1C2CCC[C@H]2C[C@H]1C(=O)O)C(=O)O.CCOC(=O)[C@H](CCC(C)C)N[C@@H](C)C(=O)N1[C@H](C(=O)O)C[C@@H]2CCC[C@@H]21.CCOC(=O)[C@H](CCc1ccccc1)N[C@@H](C)C(=O)N1[C@H](C(=O)O)C[C@@H]2CCC[C@@H]21.C[C@H](N[C@@H](CCc1ccccc1)C(=O)O)C(=O)N1[C@H](C(=O)O)C[C@@H]2CCC[C@@H]21. The van der Waals surface area contributed by atoms with E-state index in [1.54, 1.807) is 65.2 Å². The van der Waals surface area contributed by atoms with Crippen LogP contribution in [0.4, 0.5) is 0 Å². The van der Waals surface area contributed by atoms with Gasteiger partial charge in [0.25, 0.3) is 0 Å². The molecule has 4 aliphatic heterocycles. The molecule has 2 unspecified atom stereocenters. The van der Waals surface area contributed by atoms with E-state index in [9.17, 15) is 93.0 Å². The molecule has 8 aliphatic rings. The number of hydrogen-bond donors (Lipinski definition) is 10. The fourth-order valence-corrected chi connectivity index (χ4v) is 19.1. The summed E-state index contributed by atoms with van der Waals surface area (Å²) in [5.41, 5.74) is 2.14. The van der Waals surface area contributed by atoms with Gasteiger partial charge in [-0.2, -0.15) is 0 Å². The second-order valence-corrected chi connectivity index (χ2v) is 33.4. The molecule has 2 aromatic rings. The summed E-state index contributed by atoms with van der Waals surface area (Å²) in [6.07, 6.45) is 16.7. The maximum Gasteiger partial charge on any atom is 0.326 e. The van der Waals surface area contributed by atoms with Crippen molar-refractivity contribution in [3.05, 3.63) is 71.8 Å². The molecule has 10 rings (SSSR count). The third kappa shape index (κ3) is 26.1. The van der Waals surface area contributed by atoms with Gasteiger partial charge in [-0.1, -0.05) is 108 Å². The zero-order valence-corrected chi connectivity index (χ0v) is 68.6. The number of likely N-dealkylation sites (tertiary alicyclic amines) is 4. The van der Waals surface area contributed by atoms with Crippen molar-refractivity contribution in [1.29, 1.82) is 0 Å². The van der Waals surface area contributed by atoms with E-state index < -0.39 is 120 Å². The number of amides is 4. The second-order valence-electron chi connectivity index (χ2n) is 32.1. The summed E-state index contributed by atoms with van der Waals surface area (Å²) in [5, 5.41) is 68.8. The third-order valence-corrected chi connectivity index (χ3v) is 25.0. The first-order chi connectivity index (χ1) is 54.2. The summed E-state index contributed by atoms with van der Waals surface area (Å²) in [6.45, 7) is 18.4. The summed E-state index contributed by atoms with van der Waals surface area (Å²) in [5.74, 6) is -6.87. The molecule has 8 fully saturated rings. The van der Waals surface area contributed by atoms with Crippen molar-refractivity contribution in [2.75, 3.05) is 25.6 Å². The summed E-state index contributed by atoms with van der Waals surface area (Å²) >= 11 is 1.13. The molecule has 4 aliphatic carbocycles. The number of fused-ring (bicyclic) bond motifs is 4. The van der Waals surface area contributed by atoms with E-state index in [1.165, 1.54) is 9.80 Å². The van der Waals surface area contributed by atoms with Crippen molar-refractivity contribution in [2.45, 2.75) is 320 Å². The standard InChI is InChI=1S/C23H32N2O5.C21H28N2O5.C20H34N2O5.C19H30N2O7S.CH4/c1-3-30-23(29)18(13-12-16-8-5-4-6-9-16)24-15(2)21(26)25-19-11-7-10-17(19)14-20(25)22(27)28;1-13(22-16(20(25)26)11-10-14-6-3-2-4-7-14)19(24)23-17-9-5-8-15(17)12-18(23)21(27)28;1-5-27-20(26)15(10-9-12(2)3)21-13(4)18(23)22-16-8-6-7-14(16)11-17(22)19(24)25;1-4-28-19(27)11(3)29-9-13(17(23)24)20-10(2)16(22)21-14-7-5-6-12(14)8-15(21)18(25)26;/h4-6,8-9,15,17-20,24H,3,7,10-14H2,1-2H3,(H,27,28);2-4,6-7,13,15-18,22H,5,8-12H2,1H3,(H,25,26)(H,27,28);12-17,21H,5-11H2,1-4H3,(H,24,25);10-15,20H,4-9H2,1-3H3,(H,23,24)(H,25,26);1H4/t15-,17-,18-,19-,20-;13-,15-,16-,17-,18-;13-,14-,15-,16-,17-;10-,11?,12-,13-,14?,15-;/m0000./s1. The van der Waals surface area contributed by atoms with Crippen molar-refractivity contribution in [2.24, 2.45) is 29.6 Å². The Kier molecular flexibility index (Phi) is 38.3. The van der Waals surface area contributed by atoms with Crippen LogP contribution in [0.25, 0.3) is 0 Å². The third-order valence-electron chi connectivity index (χ3n) is 23.8. The summed E-state index contributed by atoms with van der Waals surface area (Å²) in [4.78, 5) is 165. The van der Waals surface area contributed by atoms with E-state index in [2.05, 4.69) is 35.1 Å². The number of carboxylic acid groups (broad SMARTS) is 6. The number of nitrogens with one attached hydrogen (secondary N) is 4. The lowest BCUT2D eigenvalue weighted by atomic mass is 10.0. The van der Waals surface area contributed by atoms with Crippen molar-refractivity contribution in [1.82, 2.24) is 40.9 Å². The lowest BCUT2D eigenvalue weighted by molar-refractivity contribution is -0.151. The number of carbonyl (C=O) groups is 13. The number of carbonyl (C=O) groups excluding carboxylic acids is 7.